The lowest BCUT2D eigenvalue weighted by Gasteiger charge is -2.42. The maximum absolute atomic E-state index is 14.2. The molecular weight excluding hydrogens is 585 g/mol. The molecule has 0 aliphatic carbocycles. The molecule has 2 aliphatic heterocycles. The summed E-state index contributed by atoms with van der Waals surface area (Å²) < 4.78 is 45.3. The predicted octanol–water partition coefficient (Wildman–Crippen LogP) is 3.60. The van der Waals surface area contributed by atoms with E-state index in [2.05, 4.69) is 42.3 Å². The van der Waals surface area contributed by atoms with Gasteiger partial charge in [-0.25, -0.2) is 17.8 Å². The highest BCUT2D eigenvalue weighted by Crippen LogP contribution is 2.35. The third kappa shape index (κ3) is 7.12. The summed E-state index contributed by atoms with van der Waals surface area (Å²) in [4.78, 5) is 16.1. The van der Waals surface area contributed by atoms with Crippen LogP contribution in [0.3, 0.4) is 0 Å². The van der Waals surface area contributed by atoms with Gasteiger partial charge in [-0.1, -0.05) is 0 Å². The number of nitrogens with zero attached hydrogens (tertiary/aromatic N) is 7. The average Bonchev–Trinajstić information content (AvgIpc) is 3.01. The van der Waals surface area contributed by atoms with Crippen molar-refractivity contribution in [2.75, 3.05) is 86.6 Å². The number of piperidine rings is 1. The Hall–Kier alpha value is -4.19. The van der Waals surface area contributed by atoms with Gasteiger partial charge in [0.25, 0.3) is 0 Å². The van der Waals surface area contributed by atoms with Gasteiger partial charge in [-0.05, 0) is 50.2 Å². The molecule has 14 heteroatoms. The minimum atomic E-state index is -3.64. The Morgan fingerprint density at radius 2 is 1.77 bits per heavy atom. The van der Waals surface area contributed by atoms with Gasteiger partial charge in [0.05, 0.1) is 36.6 Å². The number of likely N-dealkylation sites (N-methyl/N-ethyl adjacent to an activating group) is 1. The third-order valence-electron chi connectivity index (χ3n) is 8.27. The van der Waals surface area contributed by atoms with E-state index in [1.165, 1.54) is 19.3 Å². The molecule has 3 aromatic rings. The standard InChI is InChI=1S/C30H38FN9O3S/c1-37-13-15-40(16-14-37)23-9-11-39(12-10-23)24-6-7-25(28(18-24)43-3)35-30-33-20-21(19-32)29(36-30)34-26-17-22(31)5-8-27(26)38(2)44(4,41)42/h5-8,17-18,20,23H,9-16H2,1-4H3,(H2,33,34,35,36). The fourth-order valence-corrected chi connectivity index (χ4v) is 6.10. The van der Waals surface area contributed by atoms with E-state index in [1.807, 2.05) is 24.3 Å². The number of halogens is 1. The second-order valence-corrected chi connectivity index (χ2v) is 13.2. The Labute approximate surface area is 258 Å². The first-order valence-electron chi connectivity index (χ1n) is 14.5. The van der Waals surface area contributed by atoms with Crippen LogP contribution in [0.1, 0.15) is 18.4 Å². The van der Waals surface area contributed by atoms with Crippen molar-refractivity contribution >= 4 is 44.5 Å². The lowest BCUT2D eigenvalue weighted by Crippen LogP contribution is -2.52. The summed E-state index contributed by atoms with van der Waals surface area (Å²) in [6.45, 7) is 6.45. The van der Waals surface area contributed by atoms with Crippen LogP contribution in [0.15, 0.2) is 42.6 Å². The summed E-state index contributed by atoms with van der Waals surface area (Å²) in [6, 6.07) is 12.2. The maximum Gasteiger partial charge on any atom is 0.232 e. The van der Waals surface area contributed by atoms with E-state index in [-0.39, 0.29) is 28.7 Å². The van der Waals surface area contributed by atoms with E-state index in [9.17, 15) is 18.1 Å². The van der Waals surface area contributed by atoms with E-state index < -0.39 is 15.8 Å². The topological polar surface area (TPSA) is 130 Å². The fraction of sp³-hybridized carbons (Fsp3) is 0.433. The van der Waals surface area contributed by atoms with Gasteiger partial charge in [0.15, 0.2) is 5.82 Å². The molecule has 0 unspecified atom stereocenters. The van der Waals surface area contributed by atoms with Crippen LogP contribution in [0.4, 0.5) is 38.9 Å². The number of benzene rings is 2. The van der Waals surface area contributed by atoms with Gasteiger partial charge in [0, 0.05) is 64.1 Å². The van der Waals surface area contributed by atoms with Crippen LogP contribution in [-0.2, 0) is 10.0 Å². The quantitative estimate of drug-likeness (QED) is 0.363. The number of piperazine rings is 1. The van der Waals surface area contributed by atoms with Crippen LogP contribution in [0, 0.1) is 17.1 Å². The minimum Gasteiger partial charge on any atom is -0.494 e. The highest BCUT2D eigenvalue weighted by molar-refractivity contribution is 7.92. The molecule has 0 bridgehead atoms. The Morgan fingerprint density at radius 3 is 2.43 bits per heavy atom. The van der Waals surface area contributed by atoms with Gasteiger partial charge in [-0.2, -0.15) is 10.2 Å². The van der Waals surface area contributed by atoms with Gasteiger partial charge in [0.1, 0.15) is 23.2 Å². The van der Waals surface area contributed by atoms with Crippen LogP contribution < -0.4 is 24.6 Å². The van der Waals surface area contributed by atoms with Gasteiger partial charge >= 0.3 is 0 Å². The number of hydrogen-bond donors (Lipinski definition) is 2. The summed E-state index contributed by atoms with van der Waals surface area (Å²) in [5, 5.41) is 15.7. The monoisotopic (exact) mass is 623 g/mol. The zero-order chi connectivity index (χ0) is 31.4. The summed E-state index contributed by atoms with van der Waals surface area (Å²) in [5.41, 5.74) is 2.10. The van der Waals surface area contributed by atoms with Crippen molar-refractivity contribution in [1.82, 2.24) is 19.8 Å². The molecule has 2 aromatic carbocycles. The van der Waals surface area contributed by atoms with Gasteiger partial charge in [0.2, 0.25) is 16.0 Å². The molecule has 2 N–H and O–H groups in total. The molecule has 0 atom stereocenters. The lowest BCUT2D eigenvalue weighted by molar-refractivity contribution is 0.0982. The molecule has 44 heavy (non-hydrogen) atoms. The third-order valence-corrected chi connectivity index (χ3v) is 9.46. The van der Waals surface area contributed by atoms with Crippen molar-refractivity contribution in [1.29, 1.82) is 5.26 Å². The number of ether oxygens (including phenoxy) is 1. The van der Waals surface area contributed by atoms with Crippen LogP contribution in [0.5, 0.6) is 5.75 Å². The van der Waals surface area contributed by atoms with Crippen molar-refractivity contribution in [2.45, 2.75) is 18.9 Å². The number of rotatable bonds is 9. The molecule has 2 aliphatic rings. The van der Waals surface area contributed by atoms with Crippen LogP contribution in [0.25, 0.3) is 0 Å². The fourth-order valence-electron chi connectivity index (χ4n) is 5.58. The van der Waals surface area contributed by atoms with Gasteiger partial charge < -0.3 is 25.2 Å². The van der Waals surface area contributed by atoms with Crippen molar-refractivity contribution in [3.63, 3.8) is 0 Å². The second-order valence-electron chi connectivity index (χ2n) is 11.2. The zero-order valence-corrected chi connectivity index (χ0v) is 26.2. The number of hydrogen-bond acceptors (Lipinski definition) is 11. The molecule has 0 spiro atoms. The molecule has 3 heterocycles. The molecule has 12 nitrogen and oxygen atoms in total. The lowest BCUT2D eigenvalue weighted by atomic mass is 10.0. The smallest absolute Gasteiger partial charge is 0.232 e. The Balaban J connectivity index is 1.32. The minimum absolute atomic E-state index is 0.0811. The van der Waals surface area contributed by atoms with E-state index in [4.69, 9.17) is 4.74 Å². The molecule has 1 aromatic heterocycles. The van der Waals surface area contributed by atoms with E-state index in [1.54, 1.807) is 7.11 Å². The molecule has 234 valence electrons. The highest BCUT2D eigenvalue weighted by Gasteiger charge is 2.27. The van der Waals surface area contributed by atoms with Gasteiger partial charge in [-0.3, -0.25) is 9.21 Å². The van der Waals surface area contributed by atoms with Crippen molar-refractivity contribution in [3.8, 4) is 11.8 Å². The van der Waals surface area contributed by atoms with Crippen LogP contribution >= 0.6 is 0 Å². The Morgan fingerprint density at radius 1 is 1.05 bits per heavy atom. The number of methoxy groups -OCH3 is 1. The largest absolute Gasteiger partial charge is 0.494 e. The summed E-state index contributed by atoms with van der Waals surface area (Å²) in [7, 11) is 1.50. The predicted molar refractivity (Wildman–Crippen MR) is 170 cm³/mol. The van der Waals surface area contributed by atoms with E-state index >= 15 is 0 Å². The van der Waals surface area contributed by atoms with Crippen molar-refractivity contribution in [3.05, 3.63) is 54.0 Å². The summed E-state index contributed by atoms with van der Waals surface area (Å²) in [5.74, 6) is 0.267. The number of nitrogens with one attached hydrogen (secondary N) is 2. The molecule has 0 saturated carbocycles. The summed E-state index contributed by atoms with van der Waals surface area (Å²) >= 11 is 0. The number of nitriles is 1. The first kappa shape index (κ1) is 31.2. The molecule has 2 saturated heterocycles. The van der Waals surface area contributed by atoms with E-state index in [0.717, 1.165) is 80.5 Å². The number of aromatic nitrogens is 2. The average molecular weight is 624 g/mol. The zero-order valence-electron chi connectivity index (χ0n) is 25.4. The maximum atomic E-state index is 14.2. The Kier molecular flexibility index (Phi) is 9.38. The number of sulfonamides is 1. The van der Waals surface area contributed by atoms with E-state index in [0.29, 0.717) is 17.5 Å². The second kappa shape index (κ2) is 13.2. The number of anilines is 6. The Bertz CT molecular complexity index is 1630. The molecule has 5 rings (SSSR count). The van der Waals surface area contributed by atoms with Crippen molar-refractivity contribution in [2.24, 2.45) is 0 Å². The van der Waals surface area contributed by atoms with Gasteiger partial charge in [-0.15, -0.1) is 0 Å². The van der Waals surface area contributed by atoms with Crippen LogP contribution in [-0.4, -0.2) is 101 Å². The normalized spacial score (nSPS) is 16.8. The molecule has 0 amide bonds. The first-order valence-corrected chi connectivity index (χ1v) is 16.3. The molecule has 2 fully saturated rings. The SMILES string of the molecule is COc1cc(N2CCC(N3CCN(C)CC3)CC2)ccc1Nc1ncc(C#N)c(Nc2cc(F)ccc2N(C)S(C)(=O)=O)n1. The summed E-state index contributed by atoms with van der Waals surface area (Å²) in [6.07, 6.45) is 4.62. The van der Waals surface area contributed by atoms with Crippen LogP contribution in [0.2, 0.25) is 0 Å². The molecule has 0 radical (unpaired) electrons. The van der Waals surface area contributed by atoms with Crippen molar-refractivity contribution < 1.29 is 17.5 Å². The highest BCUT2D eigenvalue weighted by atomic mass is 32.2. The molecular formula is C30H38FN9O3S. The first-order chi connectivity index (χ1) is 21.0.